The molecule has 0 spiro atoms. The number of thioether (sulfide) groups is 1. The van der Waals surface area contributed by atoms with E-state index in [0.29, 0.717) is 5.82 Å². The number of amides is 2. The number of hydrogen-bond acceptors (Lipinski definition) is 4. The third-order valence-electron chi connectivity index (χ3n) is 7.00. The Hall–Kier alpha value is -3.98. The number of fused-ring (bicyclic) bond motifs is 1. The Morgan fingerprint density at radius 1 is 1.02 bits per heavy atom. The van der Waals surface area contributed by atoms with Gasteiger partial charge >= 0.3 is 0 Å². The smallest absolute Gasteiger partial charge is 0.240 e. The molecule has 4 aromatic rings. The lowest BCUT2D eigenvalue weighted by molar-refractivity contribution is -0.123. The Morgan fingerprint density at radius 2 is 1.76 bits per heavy atom. The van der Waals surface area contributed by atoms with Crippen LogP contribution < -0.4 is 10.2 Å². The van der Waals surface area contributed by atoms with Crippen LogP contribution in [0.1, 0.15) is 54.0 Å². The Bertz CT molecular complexity index is 1590. The second kappa shape index (κ2) is 11.5. The number of carbonyl (C=O) groups is 2. The average Bonchev–Trinajstić information content (AvgIpc) is 3.26. The van der Waals surface area contributed by atoms with E-state index in [-0.39, 0.29) is 47.5 Å². The van der Waals surface area contributed by atoms with Crippen LogP contribution in [-0.2, 0) is 21.5 Å². The molecule has 0 saturated heterocycles. The number of nitrogens with zero attached hydrogens (tertiary/aromatic N) is 3. The molecule has 5 rings (SSSR count). The molecule has 0 radical (unpaired) electrons. The standard InChI is InChI=1S/C32H32F2N4O2S/c1-20-8-5-6-11-25(20)38-31-28(30(36-38)32(2,3)4)29(22-9-7-10-24(34)16-22)41-19-27(40)37(31)18-26(39)35-17-21-12-14-23(33)15-13-21/h5-16,29H,17-19H2,1-4H3,(H,35,39)/t29-/m1/s1. The predicted octanol–water partition coefficient (Wildman–Crippen LogP) is 6.24. The quantitative estimate of drug-likeness (QED) is 0.296. The number of hydrogen-bond donors (Lipinski definition) is 1. The molecule has 1 atom stereocenters. The highest BCUT2D eigenvalue weighted by Gasteiger charge is 2.40. The highest BCUT2D eigenvalue weighted by atomic mass is 32.2. The van der Waals surface area contributed by atoms with E-state index in [0.717, 1.165) is 33.6 Å². The molecule has 212 valence electrons. The number of halogens is 2. The zero-order valence-electron chi connectivity index (χ0n) is 23.4. The first kappa shape index (κ1) is 28.5. The van der Waals surface area contributed by atoms with Crippen LogP contribution in [0.5, 0.6) is 0 Å². The van der Waals surface area contributed by atoms with E-state index >= 15 is 0 Å². The molecule has 1 aliphatic rings. The van der Waals surface area contributed by atoms with Gasteiger partial charge < -0.3 is 5.32 Å². The Balaban J connectivity index is 1.64. The summed E-state index contributed by atoms with van der Waals surface area (Å²) >= 11 is 1.40. The van der Waals surface area contributed by atoms with Gasteiger partial charge in [0.2, 0.25) is 11.8 Å². The van der Waals surface area contributed by atoms with Crippen LogP contribution in [0.15, 0.2) is 72.8 Å². The number of rotatable bonds is 6. The molecule has 1 aromatic heterocycles. The largest absolute Gasteiger partial charge is 0.350 e. The fraction of sp³-hybridized carbons (Fsp3) is 0.281. The van der Waals surface area contributed by atoms with Crippen molar-refractivity contribution in [2.75, 3.05) is 17.2 Å². The van der Waals surface area contributed by atoms with Gasteiger partial charge in [0.25, 0.3) is 0 Å². The lowest BCUT2D eigenvalue weighted by Crippen LogP contribution is -2.42. The second-order valence-corrected chi connectivity index (χ2v) is 12.3. The van der Waals surface area contributed by atoms with Crippen molar-refractivity contribution >= 4 is 29.4 Å². The van der Waals surface area contributed by atoms with Crippen molar-refractivity contribution < 1.29 is 18.4 Å². The summed E-state index contributed by atoms with van der Waals surface area (Å²) in [7, 11) is 0. The average molecular weight is 575 g/mol. The van der Waals surface area contributed by atoms with Gasteiger partial charge in [-0.3, -0.25) is 14.5 Å². The topological polar surface area (TPSA) is 67.2 Å². The van der Waals surface area contributed by atoms with E-state index in [9.17, 15) is 18.4 Å². The van der Waals surface area contributed by atoms with E-state index in [4.69, 9.17) is 5.10 Å². The normalized spacial score (nSPS) is 15.4. The molecule has 0 unspecified atom stereocenters. The second-order valence-electron chi connectivity index (χ2n) is 11.2. The zero-order chi connectivity index (χ0) is 29.3. The molecule has 1 N–H and O–H groups in total. The van der Waals surface area contributed by atoms with E-state index in [1.54, 1.807) is 22.9 Å². The molecule has 3 aromatic carbocycles. The fourth-order valence-electron chi connectivity index (χ4n) is 4.98. The molecule has 0 aliphatic carbocycles. The minimum atomic E-state index is -0.423. The van der Waals surface area contributed by atoms with Crippen LogP contribution >= 0.6 is 11.8 Å². The molecule has 41 heavy (non-hydrogen) atoms. The van der Waals surface area contributed by atoms with E-state index < -0.39 is 5.41 Å². The molecular weight excluding hydrogens is 542 g/mol. The number of nitrogens with one attached hydrogen (secondary N) is 1. The molecule has 1 aliphatic heterocycles. The summed E-state index contributed by atoms with van der Waals surface area (Å²) in [5.74, 6) is -0.725. The number of aryl methyl sites for hydroxylation is 1. The Kier molecular flexibility index (Phi) is 8.00. The van der Waals surface area contributed by atoms with Gasteiger partial charge in [-0.15, -0.1) is 11.8 Å². The van der Waals surface area contributed by atoms with E-state index in [2.05, 4.69) is 26.1 Å². The highest BCUT2D eigenvalue weighted by Crippen LogP contribution is 2.48. The van der Waals surface area contributed by atoms with E-state index in [1.807, 2.05) is 37.3 Å². The molecule has 2 heterocycles. The first-order chi connectivity index (χ1) is 19.5. The van der Waals surface area contributed by atoms with Gasteiger partial charge in [0.15, 0.2) is 0 Å². The third kappa shape index (κ3) is 6.05. The molecule has 6 nitrogen and oxygen atoms in total. The number of anilines is 1. The molecule has 9 heteroatoms. The first-order valence-electron chi connectivity index (χ1n) is 13.4. The summed E-state index contributed by atoms with van der Waals surface area (Å²) in [5.41, 5.74) is 4.33. The van der Waals surface area contributed by atoms with Crippen molar-refractivity contribution in [1.82, 2.24) is 15.1 Å². The van der Waals surface area contributed by atoms with E-state index in [1.165, 1.54) is 40.9 Å². The fourth-order valence-corrected chi connectivity index (χ4v) is 6.17. The van der Waals surface area contributed by atoms with Gasteiger partial charge in [-0.05, 0) is 53.9 Å². The monoisotopic (exact) mass is 574 g/mol. The van der Waals surface area contributed by atoms with Crippen LogP contribution in [0.4, 0.5) is 14.6 Å². The van der Waals surface area contributed by atoms with Crippen molar-refractivity contribution in [2.24, 2.45) is 0 Å². The lowest BCUT2D eigenvalue weighted by Gasteiger charge is -2.25. The maximum atomic E-state index is 14.4. The van der Waals surface area contributed by atoms with Gasteiger partial charge in [0.05, 0.1) is 22.4 Å². The third-order valence-corrected chi connectivity index (χ3v) is 8.25. The van der Waals surface area contributed by atoms with Crippen LogP contribution in [0, 0.1) is 18.6 Å². The SMILES string of the molecule is Cc1ccccc1-n1nc(C(C)(C)C)c2c1N(CC(=O)NCc1ccc(F)cc1)C(=O)CS[C@@H]2c1cccc(F)c1. The minimum absolute atomic E-state index is 0.0957. The van der Waals surface area contributed by atoms with Gasteiger partial charge in [0.1, 0.15) is 24.0 Å². The molecular formula is C32H32F2N4O2S. The number of benzene rings is 3. The Labute approximate surface area is 242 Å². The van der Waals surface area contributed by atoms with Crippen molar-refractivity contribution in [3.8, 4) is 5.69 Å². The minimum Gasteiger partial charge on any atom is -0.350 e. The first-order valence-corrected chi connectivity index (χ1v) is 14.5. The van der Waals surface area contributed by atoms with Gasteiger partial charge in [0, 0.05) is 17.5 Å². The highest BCUT2D eigenvalue weighted by molar-refractivity contribution is 8.00. The van der Waals surface area contributed by atoms with Crippen LogP contribution in [0.25, 0.3) is 5.69 Å². The number of para-hydroxylation sites is 1. The van der Waals surface area contributed by atoms with Crippen molar-refractivity contribution in [3.63, 3.8) is 0 Å². The maximum Gasteiger partial charge on any atom is 0.240 e. The van der Waals surface area contributed by atoms with Crippen molar-refractivity contribution in [1.29, 1.82) is 0 Å². The molecule has 2 amide bonds. The van der Waals surface area contributed by atoms with Gasteiger partial charge in [-0.25, -0.2) is 13.5 Å². The summed E-state index contributed by atoms with van der Waals surface area (Å²) in [6.45, 7) is 8.09. The summed E-state index contributed by atoms with van der Waals surface area (Å²) in [6.07, 6.45) is 0. The predicted molar refractivity (Wildman–Crippen MR) is 158 cm³/mol. The van der Waals surface area contributed by atoms with Crippen LogP contribution in [-0.4, -0.2) is 33.9 Å². The Morgan fingerprint density at radius 3 is 2.44 bits per heavy atom. The van der Waals surface area contributed by atoms with Crippen LogP contribution in [0.2, 0.25) is 0 Å². The van der Waals surface area contributed by atoms with Crippen molar-refractivity contribution in [3.05, 3.63) is 112 Å². The molecule has 0 saturated carbocycles. The van der Waals surface area contributed by atoms with Gasteiger partial charge in [-0.1, -0.05) is 63.2 Å². The summed E-state index contributed by atoms with van der Waals surface area (Å²) < 4.78 is 29.5. The number of carbonyl (C=O) groups excluding carboxylic acids is 2. The van der Waals surface area contributed by atoms with Crippen LogP contribution in [0.3, 0.4) is 0 Å². The van der Waals surface area contributed by atoms with Crippen molar-refractivity contribution in [2.45, 2.75) is 44.9 Å². The zero-order valence-corrected chi connectivity index (χ0v) is 24.3. The van der Waals surface area contributed by atoms with Gasteiger partial charge in [-0.2, -0.15) is 5.10 Å². The summed E-state index contributed by atoms with van der Waals surface area (Å²) in [4.78, 5) is 28.5. The lowest BCUT2D eigenvalue weighted by atomic mass is 9.87. The summed E-state index contributed by atoms with van der Waals surface area (Å²) in [6, 6.07) is 20.0. The molecule has 0 bridgehead atoms. The summed E-state index contributed by atoms with van der Waals surface area (Å²) in [5, 5.41) is 7.55. The molecule has 0 fully saturated rings. The number of aromatic nitrogens is 2. The maximum absolute atomic E-state index is 14.4.